The Morgan fingerprint density at radius 1 is 1.28 bits per heavy atom. The Kier molecular flexibility index (Phi) is 1.63. The van der Waals surface area contributed by atoms with Crippen molar-refractivity contribution in [2.24, 2.45) is 0 Å². The Bertz CT molecular complexity index is 744. The van der Waals surface area contributed by atoms with Gasteiger partial charge in [-0.05, 0) is 0 Å². The highest BCUT2D eigenvalue weighted by Gasteiger charge is 2.75. The number of nitrogen functional groups attached to an aromatic ring is 1. The first-order chi connectivity index (χ1) is 8.32. The highest BCUT2D eigenvalue weighted by atomic mass is 32.2. The summed E-state index contributed by atoms with van der Waals surface area (Å²) in [6, 6.07) is 0.112. The highest BCUT2D eigenvalue weighted by Crippen LogP contribution is 2.70. The van der Waals surface area contributed by atoms with Crippen molar-refractivity contribution >= 4 is 41.0 Å². The Balaban J connectivity index is 1.81. The molecule has 5 rings (SSSR count). The first-order valence-corrected chi connectivity index (χ1v) is 8.09. The van der Waals surface area contributed by atoms with Crippen LogP contribution in [-0.4, -0.2) is 9.73 Å². The van der Waals surface area contributed by atoms with E-state index in [1.165, 1.54) is 11.8 Å². The summed E-state index contributed by atoms with van der Waals surface area (Å²) < 4.78 is 22.9. The number of fused-ring (bicyclic) bond motifs is 1. The fraction of sp³-hybridized carbons (Fsp3) is 0.364. The summed E-state index contributed by atoms with van der Waals surface area (Å²) in [4.78, 5) is 4.16. The molecule has 3 aliphatic heterocycles. The van der Waals surface area contributed by atoms with Crippen molar-refractivity contribution < 1.29 is 13.4 Å². The third-order valence-corrected chi connectivity index (χ3v) is 6.51. The summed E-state index contributed by atoms with van der Waals surface area (Å²) >= 11 is 1.53. The van der Waals surface area contributed by atoms with Crippen LogP contribution < -0.4 is 21.8 Å². The summed E-state index contributed by atoms with van der Waals surface area (Å²) in [6.45, 7) is 6.22. The van der Waals surface area contributed by atoms with Gasteiger partial charge in [-0.2, -0.15) is 4.98 Å². The molecule has 0 saturated heterocycles. The molecule has 0 spiro atoms. The number of oxazole rings is 1. The van der Waals surface area contributed by atoms with Crippen molar-refractivity contribution in [1.82, 2.24) is 4.98 Å². The molecule has 5 heterocycles. The van der Waals surface area contributed by atoms with Gasteiger partial charge in [-0.15, -0.1) is 0 Å². The topological polar surface area (TPSA) is 82.3 Å². The van der Waals surface area contributed by atoms with Gasteiger partial charge in [0.15, 0.2) is 22.0 Å². The number of hydrogen-bond acceptors (Lipinski definition) is 6. The van der Waals surface area contributed by atoms with Crippen molar-refractivity contribution in [2.45, 2.75) is 30.6 Å². The second-order valence-electron chi connectivity index (χ2n) is 5.45. The fourth-order valence-electron chi connectivity index (χ4n) is 2.07. The lowest BCUT2D eigenvalue weighted by Gasteiger charge is -2.15. The zero-order chi connectivity index (χ0) is 12.9. The first kappa shape index (κ1) is 10.8. The molecule has 0 radical (unpaired) electrons. The van der Waals surface area contributed by atoms with Crippen LogP contribution >= 0.6 is 18.9 Å². The number of anilines is 1. The summed E-state index contributed by atoms with van der Waals surface area (Å²) in [5, 5.41) is 2.40. The molecule has 0 aromatic carbocycles. The summed E-state index contributed by atoms with van der Waals surface area (Å²) in [6.07, 6.45) is 0. The van der Waals surface area contributed by atoms with Crippen molar-refractivity contribution in [3.63, 3.8) is 0 Å². The molecule has 2 aromatic rings. The largest absolute Gasteiger partial charge is 0.449 e. The van der Waals surface area contributed by atoms with Crippen molar-refractivity contribution in [2.75, 3.05) is 5.73 Å². The molecule has 3 aliphatic rings. The highest BCUT2D eigenvalue weighted by molar-refractivity contribution is 8.06. The lowest BCUT2D eigenvalue weighted by molar-refractivity contribution is 0.486. The summed E-state index contributed by atoms with van der Waals surface area (Å²) in [5.41, 5.74) is 6.87. The van der Waals surface area contributed by atoms with Gasteiger partial charge in [0.2, 0.25) is 7.14 Å². The standard InChI is InChI=1S/C11H11N2O3PS/c1-11(2,3)18-9-4(13-10(12)16-9)5-6-7-8(15-5)17(6,7)14/h1-3H3,(H2,12,13). The Labute approximate surface area is 107 Å². The van der Waals surface area contributed by atoms with Gasteiger partial charge in [-0.3, -0.25) is 0 Å². The number of nitrogens with two attached hydrogens (primary N) is 1. The van der Waals surface area contributed by atoms with E-state index in [0.717, 1.165) is 10.6 Å². The predicted molar refractivity (Wildman–Crippen MR) is 70.7 cm³/mol. The molecule has 18 heavy (non-hydrogen) atoms. The Morgan fingerprint density at radius 2 is 1.94 bits per heavy atom. The number of thioether (sulfide) groups is 1. The average Bonchev–Trinajstić information content (AvgIpc) is 2.80. The third-order valence-electron chi connectivity index (χ3n) is 2.88. The third kappa shape index (κ3) is 1.15. The first-order valence-electron chi connectivity index (χ1n) is 5.56. The smallest absolute Gasteiger partial charge is 0.293 e. The van der Waals surface area contributed by atoms with Gasteiger partial charge in [0, 0.05) is 4.75 Å². The van der Waals surface area contributed by atoms with Crippen LogP contribution in [-0.2, 0) is 4.57 Å². The van der Waals surface area contributed by atoms with Crippen LogP contribution in [0, 0.1) is 0 Å². The van der Waals surface area contributed by atoms with Crippen LogP contribution in [0.15, 0.2) is 13.9 Å². The van der Waals surface area contributed by atoms with Gasteiger partial charge >= 0.3 is 0 Å². The monoisotopic (exact) mass is 282 g/mol. The average molecular weight is 282 g/mol. The van der Waals surface area contributed by atoms with Crippen LogP contribution in [0.2, 0.25) is 0 Å². The number of aromatic nitrogens is 1. The van der Waals surface area contributed by atoms with E-state index in [9.17, 15) is 4.57 Å². The van der Waals surface area contributed by atoms with E-state index in [1.54, 1.807) is 0 Å². The van der Waals surface area contributed by atoms with Gasteiger partial charge in [0.25, 0.3) is 6.01 Å². The van der Waals surface area contributed by atoms with E-state index < -0.39 is 7.14 Å². The van der Waals surface area contributed by atoms with Crippen molar-refractivity contribution in [3.8, 4) is 11.5 Å². The van der Waals surface area contributed by atoms with Gasteiger partial charge in [-0.25, -0.2) is 0 Å². The van der Waals surface area contributed by atoms with E-state index in [0.29, 0.717) is 22.0 Å². The van der Waals surface area contributed by atoms with Gasteiger partial charge in [0.1, 0.15) is 0 Å². The number of furan rings is 1. The van der Waals surface area contributed by atoms with E-state index in [4.69, 9.17) is 14.6 Å². The van der Waals surface area contributed by atoms with Crippen LogP contribution in [0.4, 0.5) is 6.01 Å². The van der Waals surface area contributed by atoms with Gasteiger partial charge < -0.3 is 19.1 Å². The van der Waals surface area contributed by atoms with E-state index in [-0.39, 0.29) is 10.8 Å². The second-order valence-corrected chi connectivity index (χ2v) is 9.76. The van der Waals surface area contributed by atoms with E-state index >= 15 is 0 Å². The lowest BCUT2D eigenvalue weighted by atomic mass is 10.3. The maximum Gasteiger partial charge on any atom is 0.293 e. The molecule has 7 heteroatoms. The lowest BCUT2D eigenvalue weighted by Crippen LogP contribution is -2.06. The Hall–Kier alpha value is -1.13. The summed E-state index contributed by atoms with van der Waals surface area (Å²) in [7, 11) is -2.22. The quantitative estimate of drug-likeness (QED) is 0.445. The van der Waals surface area contributed by atoms with Gasteiger partial charge in [0.05, 0.1) is 10.6 Å². The molecule has 0 saturated carbocycles. The predicted octanol–water partition coefficient (Wildman–Crippen LogP) is 1.67. The van der Waals surface area contributed by atoms with Crippen LogP contribution in [0.25, 0.3) is 11.5 Å². The molecule has 2 bridgehead atoms. The second kappa shape index (κ2) is 2.73. The molecule has 1 unspecified atom stereocenters. The Morgan fingerprint density at radius 3 is 2.44 bits per heavy atom. The summed E-state index contributed by atoms with van der Waals surface area (Å²) in [5.74, 6) is 0.593. The van der Waals surface area contributed by atoms with Crippen LogP contribution in [0.3, 0.4) is 0 Å². The van der Waals surface area contributed by atoms with E-state index in [2.05, 4.69) is 25.8 Å². The van der Waals surface area contributed by atoms with Gasteiger partial charge in [-0.1, -0.05) is 32.5 Å². The minimum atomic E-state index is -2.22. The molecule has 5 nitrogen and oxygen atoms in total. The minimum absolute atomic E-state index is 0.0229. The van der Waals surface area contributed by atoms with Crippen LogP contribution in [0.1, 0.15) is 20.8 Å². The zero-order valence-corrected chi connectivity index (χ0v) is 11.8. The van der Waals surface area contributed by atoms with Crippen LogP contribution in [0.5, 0.6) is 0 Å². The molecular formula is C11H11N2O3PS. The molecule has 2 aromatic heterocycles. The molecular weight excluding hydrogens is 271 g/mol. The molecule has 0 amide bonds. The van der Waals surface area contributed by atoms with Crippen molar-refractivity contribution in [3.05, 3.63) is 0 Å². The number of hydrogen-bond donors (Lipinski definition) is 1. The van der Waals surface area contributed by atoms with E-state index in [1.807, 2.05) is 0 Å². The maximum absolute atomic E-state index is 12.0. The van der Waals surface area contributed by atoms with Crippen molar-refractivity contribution in [1.29, 1.82) is 0 Å². The normalized spacial score (nSPS) is 23.1. The minimum Gasteiger partial charge on any atom is -0.449 e. The molecule has 0 aliphatic carbocycles. The molecule has 1 atom stereocenters. The number of rotatable bonds is 2. The fourth-order valence-corrected chi connectivity index (χ4v) is 5.47. The SMILES string of the molecule is CC(C)(C)Sc1oc(N)nc1-c1oc2c3c1P23=O. The molecule has 0 fully saturated rings. The molecule has 2 N–H and O–H groups in total. The molecule has 94 valence electrons. The zero-order valence-electron chi connectivity index (χ0n) is 10.1. The number of nitrogens with zero attached hydrogens (tertiary/aromatic N) is 1. The maximum atomic E-state index is 12.0.